The lowest BCUT2D eigenvalue weighted by Crippen LogP contribution is -2.30. The number of unbranched alkanes of at least 4 members (excludes halogenated alkanes) is 32. The summed E-state index contributed by atoms with van der Waals surface area (Å²) in [4.78, 5) is 38.3. The summed E-state index contributed by atoms with van der Waals surface area (Å²) in [5.74, 6) is -0.876. The van der Waals surface area contributed by atoms with Crippen molar-refractivity contribution < 1.29 is 28.6 Å². The van der Waals surface area contributed by atoms with E-state index in [2.05, 4.69) is 130 Å². The molecule has 0 bridgehead atoms. The largest absolute Gasteiger partial charge is 0.462 e. The van der Waals surface area contributed by atoms with E-state index < -0.39 is 6.10 Å². The average molecular weight is 1110 g/mol. The van der Waals surface area contributed by atoms with E-state index in [9.17, 15) is 14.4 Å². The fourth-order valence-corrected chi connectivity index (χ4v) is 9.45. The number of carbonyl (C=O) groups excluding carboxylic acids is 3. The molecule has 1 unspecified atom stereocenters. The van der Waals surface area contributed by atoms with Crippen LogP contribution in [0.25, 0.3) is 0 Å². The molecular weight excluding hydrogens is 985 g/mol. The predicted molar refractivity (Wildman–Crippen MR) is 348 cm³/mol. The standard InChI is InChI=1S/C74H126O6/c1-4-7-10-13-16-19-22-24-26-28-30-31-32-33-34-35-36-37-38-39-40-41-42-43-45-46-48-50-52-55-58-61-64-67-73(76)79-70-71(69-78-72(75)66-63-60-57-54-21-18-15-12-9-6-3)80-74(77)68-65-62-59-56-53-51-49-47-44-29-27-25-23-20-17-14-11-8-5-2/h7,10,16-17,19-20,24-27,30-31,33-34,36-37,39-40,71H,4-6,8-9,11-15,18,21-23,28-29,32,35,38,41-70H2,1-3H3/b10-7-,19-16-,20-17-,26-24-,27-25-,31-30-,34-33-,37-36-,40-39-. The first kappa shape index (κ1) is 76.1. The molecule has 0 aliphatic carbocycles. The number of esters is 3. The maximum atomic E-state index is 12.9. The lowest BCUT2D eigenvalue weighted by molar-refractivity contribution is -0.167. The number of rotatable bonds is 61. The number of allylic oxidation sites excluding steroid dienone is 18. The molecule has 0 saturated carbocycles. The van der Waals surface area contributed by atoms with Crippen LogP contribution in [-0.2, 0) is 28.6 Å². The van der Waals surface area contributed by atoms with Crippen LogP contribution in [0.5, 0.6) is 0 Å². The molecule has 6 nitrogen and oxygen atoms in total. The minimum Gasteiger partial charge on any atom is -0.462 e. The molecule has 0 N–H and O–H groups in total. The van der Waals surface area contributed by atoms with Gasteiger partial charge in [-0.2, -0.15) is 0 Å². The van der Waals surface area contributed by atoms with Gasteiger partial charge in [0, 0.05) is 19.3 Å². The van der Waals surface area contributed by atoms with E-state index in [1.54, 1.807) is 0 Å². The van der Waals surface area contributed by atoms with Crippen molar-refractivity contribution in [1.82, 2.24) is 0 Å². The Balaban J connectivity index is 4.19. The molecule has 0 amide bonds. The van der Waals surface area contributed by atoms with Crippen LogP contribution in [0.3, 0.4) is 0 Å². The van der Waals surface area contributed by atoms with E-state index in [4.69, 9.17) is 14.2 Å². The molecule has 6 heteroatoms. The van der Waals surface area contributed by atoms with Gasteiger partial charge in [0.2, 0.25) is 0 Å². The molecular formula is C74H126O6. The summed E-state index contributed by atoms with van der Waals surface area (Å²) in [5, 5.41) is 0. The van der Waals surface area contributed by atoms with Crippen LogP contribution >= 0.6 is 0 Å². The Hall–Kier alpha value is -3.93. The molecule has 0 aromatic heterocycles. The lowest BCUT2D eigenvalue weighted by atomic mass is 10.0. The normalized spacial score (nSPS) is 12.8. The Bertz CT molecular complexity index is 1610. The topological polar surface area (TPSA) is 78.9 Å². The molecule has 0 aromatic rings. The van der Waals surface area contributed by atoms with Crippen molar-refractivity contribution in [1.29, 1.82) is 0 Å². The molecule has 80 heavy (non-hydrogen) atoms. The maximum absolute atomic E-state index is 12.9. The van der Waals surface area contributed by atoms with E-state index in [-0.39, 0.29) is 31.1 Å². The maximum Gasteiger partial charge on any atom is 0.306 e. The van der Waals surface area contributed by atoms with Gasteiger partial charge in [0.1, 0.15) is 13.2 Å². The van der Waals surface area contributed by atoms with E-state index >= 15 is 0 Å². The number of ether oxygens (including phenoxy) is 3. The van der Waals surface area contributed by atoms with E-state index in [1.807, 2.05) is 0 Å². The van der Waals surface area contributed by atoms with Crippen LogP contribution < -0.4 is 0 Å². The van der Waals surface area contributed by atoms with Gasteiger partial charge in [-0.05, 0) is 109 Å². The van der Waals surface area contributed by atoms with Crippen LogP contribution in [0, 0.1) is 0 Å². The molecule has 458 valence electrons. The summed E-state index contributed by atoms with van der Waals surface area (Å²) in [6, 6.07) is 0. The zero-order valence-electron chi connectivity index (χ0n) is 52.6. The van der Waals surface area contributed by atoms with E-state index in [1.165, 1.54) is 173 Å². The minimum absolute atomic E-state index is 0.0773. The SMILES string of the molecule is CC/C=C\C/C=C\C/C=C\C/C=C\C/C=C\C/C=C\C/C=C\CCCCCCCCCCCCCC(=O)OCC(COC(=O)CCCCCCCCCCCC)OC(=O)CCCCCCCCCCC/C=C\C/C=C\CCCCC. The zero-order chi connectivity index (χ0) is 57.8. The summed E-state index contributed by atoms with van der Waals surface area (Å²) in [6.45, 7) is 6.51. The van der Waals surface area contributed by atoms with Gasteiger partial charge in [-0.25, -0.2) is 0 Å². The van der Waals surface area contributed by atoms with Gasteiger partial charge in [-0.1, -0.05) is 304 Å². The van der Waals surface area contributed by atoms with Gasteiger partial charge in [0.25, 0.3) is 0 Å². The first-order valence-electron chi connectivity index (χ1n) is 33.9. The summed E-state index contributed by atoms with van der Waals surface area (Å²) in [6.07, 6.45) is 92.5. The molecule has 0 radical (unpaired) electrons. The Morgan fingerprint density at radius 1 is 0.263 bits per heavy atom. The molecule has 0 spiro atoms. The predicted octanol–water partition coefficient (Wildman–Crippen LogP) is 23.4. The zero-order valence-corrected chi connectivity index (χ0v) is 52.6. The minimum atomic E-state index is -0.780. The highest BCUT2D eigenvalue weighted by atomic mass is 16.6. The van der Waals surface area contributed by atoms with Crippen molar-refractivity contribution >= 4 is 17.9 Å². The second kappa shape index (κ2) is 67.6. The highest BCUT2D eigenvalue weighted by Crippen LogP contribution is 2.16. The van der Waals surface area contributed by atoms with Crippen LogP contribution in [-0.4, -0.2) is 37.2 Å². The molecule has 1 atom stereocenters. The number of carbonyl (C=O) groups is 3. The van der Waals surface area contributed by atoms with Crippen LogP contribution in [0.15, 0.2) is 109 Å². The third-order valence-electron chi connectivity index (χ3n) is 14.5. The number of hydrogen-bond donors (Lipinski definition) is 0. The van der Waals surface area contributed by atoms with Crippen LogP contribution in [0.1, 0.15) is 323 Å². The van der Waals surface area contributed by atoms with Gasteiger partial charge < -0.3 is 14.2 Å². The van der Waals surface area contributed by atoms with Gasteiger partial charge in [0.05, 0.1) is 0 Å². The first-order valence-corrected chi connectivity index (χ1v) is 33.9. The molecule has 0 aromatic carbocycles. The number of hydrogen-bond acceptors (Lipinski definition) is 6. The quantitative estimate of drug-likeness (QED) is 0.0261. The third-order valence-corrected chi connectivity index (χ3v) is 14.5. The van der Waals surface area contributed by atoms with Crippen LogP contribution in [0.4, 0.5) is 0 Å². The highest BCUT2D eigenvalue weighted by Gasteiger charge is 2.19. The van der Waals surface area contributed by atoms with Crippen molar-refractivity contribution in [3.8, 4) is 0 Å². The van der Waals surface area contributed by atoms with Crippen molar-refractivity contribution in [2.45, 2.75) is 329 Å². The first-order chi connectivity index (χ1) is 39.5. The van der Waals surface area contributed by atoms with Crippen molar-refractivity contribution in [2.75, 3.05) is 13.2 Å². The molecule has 0 saturated heterocycles. The Labute approximate surface area is 495 Å². The Morgan fingerprint density at radius 2 is 0.487 bits per heavy atom. The lowest BCUT2D eigenvalue weighted by Gasteiger charge is -2.18. The van der Waals surface area contributed by atoms with E-state index in [0.29, 0.717) is 19.3 Å². The van der Waals surface area contributed by atoms with Crippen molar-refractivity contribution in [2.24, 2.45) is 0 Å². The third kappa shape index (κ3) is 64.9. The van der Waals surface area contributed by atoms with Gasteiger partial charge in [-0.3, -0.25) is 14.4 Å². The van der Waals surface area contributed by atoms with Crippen molar-refractivity contribution in [3.63, 3.8) is 0 Å². The molecule has 0 fully saturated rings. The summed E-state index contributed by atoms with van der Waals surface area (Å²) < 4.78 is 16.9. The Kier molecular flexibility index (Phi) is 64.3. The van der Waals surface area contributed by atoms with Crippen LogP contribution in [0.2, 0.25) is 0 Å². The van der Waals surface area contributed by atoms with Crippen molar-refractivity contribution in [3.05, 3.63) is 109 Å². The summed E-state index contributed by atoms with van der Waals surface area (Å²) in [7, 11) is 0. The van der Waals surface area contributed by atoms with Gasteiger partial charge in [0.15, 0.2) is 6.10 Å². The van der Waals surface area contributed by atoms with Gasteiger partial charge in [-0.15, -0.1) is 0 Å². The molecule has 0 rings (SSSR count). The monoisotopic (exact) mass is 1110 g/mol. The fourth-order valence-electron chi connectivity index (χ4n) is 9.45. The van der Waals surface area contributed by atoms with E-state index in [0.717, 1.165) is 109 Å². The molecule has 0 aliphatic heterocycles. The summed E-state index contributed by atoms with van der Waals surface area (Å²) >= 11 is 0. The second-order valence-electron chi connectivity index (χ2n) is 22.4. The summed E-state index contributed by atoms with van der Waals surface area (Å²) in [5.41, 5.74) is 0. The Morgan fingerprint density at radius 3 is 0.787 bits per heavy atom. The fraction of sp³-hybridized carbons (Fsp3) is 0.716. The smallest absolute Gasteiger partial charge is 0.306 e. The van der Waals surface area contributed by atoms with Gasteiger partial charge >= 0.3 is 17.9 Å². The molecule has 0 aliphatic rings. The second-order valence-corrected chi connectivity index (χ2v) is 22.4. The highest BCUT2D eigenvalue weighted by molar-refractivity contribution is 5.71. The molecule has 0 heterocycles. The average Bonchev–Trinajstić information content (AvgIpc) is 3.46.